The molecule has 7 heteroatoms. The van der Waals surface area contributed by atoms with E-state index in [1.54, 1.807) is 24.3 Å². The number of rotatable bonds is 3. The summed E-state index contributed by atoms with van der Waals surface area (Å²) in [7, 11) is -4.02. The molecule has 1 aromatic carbocycles. The van der Waals surface area contributed by atoms with E-state index in [1.807, 2.05) is 4.90 Å². The number of allylic oxidation sites excluding steroid dienone is 2. The van der Waals surface area contributed by atoms with E-state index in [2.05, 4.69) is 6.92 Å². The average molecular weight is 403 g/mol. The van der Waals surface area contributed by atoms with Crippen molar-refractivity contribution in [1.82, 2.24) is 9.21 Å². The molecule has 0 unspecified atom stereocenters. The zero-order valence-electron chi connectivity index (χ0n) is 16.2. The van der Waals surface area contributed by atoms with Crippen LogP contribution in [0.5, 0.6) is 0 Å². The summed E-state index contributed by atoms with van der Waals surface area (Å²) in [5.41, 5.74) is 0.581. The number of piperidine rings is 2. The highest BCUT2D eigenvalue weighted by atomic mass is 32.2. The van der Waals surface area contributed by atoms with E-state index >= 15 is 0 Å². The van der Waals surface area contributed by atoms with Crippen LogP contribution in [0.15, 0.2) is 34.9 Å². The van der Waals surface area contributed by atoms with Gasteiger partial charge in [0.25, 0.3) is 0 Å². The zero-order chi connectivity index (χ0) is 19.9. The van der Waals surface area contributed by atoms with Gasteiger partial charge in [0.15, 0.2) is 4.91 Å². The average Bonchev–Trinajstić information content (AvgIpc) is 2.72. The Morgan fingerprint density at radius 1 is 0.857 bits per heavy atom. The van der Waals surface area contributed by atoms with Crippen molar-refractivity contribution in [2.75, 3.05) is 26.2 Å². The van der Waals surface area contributed by atoms with Crippen LogP contribution in [0.2, 0.25) is 0 Å². The van der Waals surface area contributed by atoms with Gasteiger partial charge in [0.05, 0.1) is 0 Å². The second-order valence-electron chi connectivity index (χ2n) is 8.02. The number of sulfonamides is 1. The van der Waals surface area contributed by atoms with Crippen LogP contribution in [0.25, 0.3) is 0 Å². The largest absolute Gasteiger partial charge is 0.367 e. The molecule has 1 aliphatic carbocycles. The van der Waals surface area contributed by atoms with E-state index in [0.29, 0.717) is 37.7 Å². The van der Waals surface area contributed by atoms with Gasteiger partial charge in [0.1, 0.15) is 5.70 Å². The predicted octanol–water partition coefficient (Wildman–Crippen LogP) is 2.82. The van der Waals surface area contributed by atoms with Gasteiger partial charge < -0.3 is 4.90 Å². The lowest BCUT2D eigenvalue weighted by Crippen LogP contribution is -2.44. The molecule has 0 N–H and O–H groups in total. The van der Waals surface area contributed by atoms with Crippen LogP contribution < -0.4 is 0 Å². The third-order valence-corrected chi connectivity index (χ3v) is 8.01. The van der Waals surface area contributed by atoms with Crippen molar-refractivity contribution in [1.29, 1.82) is 0 Å². The molecule has 1 aromatic rings. The Bertz CT molecular complexity index is 937. The molecular weight excluding hydrogens is 376 g/mol. The first-order valence-electron chi connectivity index (χ1n) is 10.1. The van der Waals surface area contributed by atoms with Crippen LogP contribution in [0.1, 0.15) is 59.7 Å². The predicted molar refractivity (Wildman–Crippen MR) is 106 cm³/mol. The second kappa shape index (κ2) is 7.44. The van der Waals surface area contributed by atoms with Gasteiger partial charge in [0.2, 0.25) is 21.6 Å². The van der Waals surface area contributed by atoms with Crippen molar-refractivity contribution in [3.63, 3.8) is 0 Å². The number of Topliss-reactive ketones (excluding diaryl/α,β-unsaturated/α-hetero) is 2. The molecule has 0 saturated carbocycles. The van der Waals surface area contributed by atoms with E-state index in [1.165, 1.54) is 4.31 Å². The molecule has 6 nitrogen and oxygen atoms in total. The summed E-state index contributed by atoms with van der Waals surface area (Å²) in [4.78, 5) is 28.2. The number of benzene rings is 1. The van der Waals surface area contributed by atoms with Crippen LogP contribution in [0.4, 0.5) is 0 Å². The summed E-state index contributed by atoms with van der Waals surface area (Å²) in [6, 6.07) is 6.55. The summed E-state index contributed by atoms with van der Waals surface area (Å²) in [6.07, 6.45) is 4.30. The Kier molecular flexibility index (Phi) is 5.14. The monoisotopic (exact) mass is 402 g/mol. The Morgan fingerprint density at radius 3 is 2.04 bits per heavy atom. The number of likely N-dealkylation sites (tertiary alicyclic amines) is 1. The summed E-state index contributed by atoms with van der Waals surface area (Å²) in [6.45, 7) is 4.15. The van der Waals surface area contributed by atoms with Gasteiger partial charge in [-0.15, -0.1) is 0 Å². The molecule has 28 heavy (non-hydrogen) atoms. The minimum atomic E-state index is -4.02. The fourth-order valence-electron chi connectivity index (χ4n) is 4.33. The lowest BCUT2D eigenvalue weighted by atomic mass is 9.90. The first-order chi connectivity index (χ1) is 13.4. The lowest BCUT2D eigenvalue weighted by Gasteiger charge is -2.37. The molecule has 0 aromatic heterocycles. The third-order valence-electron chi connectivity index (χ3n) is 6.07. The van der Waals surface area contributed by atoms with Crippen LogP contribution >= 0.6 is 0 Å². The van der Waals surface area contributed by atoms with E-state index in [-0.39, 0.29) is 21.9 Å². The van der Waals surface area contributed by atoms with Crippen molar-refractivity contribution in [2.24, 2.45) is 5.92 Å². The van der Waals surface area contributed by atoms with Crippen molar-refractivity contribution in [2.45, 2.75) is 39.0 Å². The first-order valence-corrected chi connectivity index (χ1v) is 11.5. The Morgan fingerprint density at radius 2 is 1.43 bits per heavy atom. The fraction of sp³-hybridized carbons (Fsp3) is 0.524. The van der Waals surface area contributed by atoms with E-state index in [9.17, 15) is 18.0 Å². The van der Waals surface area contributed by atoms with Crippen LogP contribution in [0.3, 0.4) is 0 Å². The van der Waals surface area contributed by atoms with Crippen LogP contribution in [0, 0.1) is 5.92 Å². The number of hydrogen-bond acceptors (Lipinski definition) is 5. The van der Waals surface area contributed by atoms with E-state index in [4.69, 9.17) is 0 Å². The summed E-state index contributed by atoms with van der Waals surface area (Å²) < 4.78 is 28.4. The summed E-state index contributed by atoms with van der Waals surface area (Å²) >= 11 is 0. The van der Waals surface area contributed by atoms with Crippen molar-refractivity contribution < 1.29 is 18.0 Å². The third kappa shape index (κ3) is 3.20. The van der Waals surface area contributed by atoms with Crippen molar-refractivity contribution >= 4 is 21.6 Å². The number of ketones is 2. The highest BCUT2D eigenvalue weighted by Crippen LogP contribution is 2.35. The molecule has 2 aliphatic heterocycles. The Balaban J connectivity index is 1.86. The molecule has 0 amide bonds. The Hall–Kier alpha value is -1.99. The maximum absolute atomic E-state index is 13.5. The standard InChI is InChI=1S/C21H26N2O4S/c1-15-9-13-22(14-10-15)18-19(24)16-7-3-4-8-17(16)20(25)21(18)28(26,27)23-11-5-2-6-12-23/h3-4,7-8,15H,2,5-6,9-14H2,1H3. The van der Waals surface area contributed by atoms with Gasteiger partial charge in [0, 0.05) is 37.3 Å². The van der Waals surface area contributed by atoms with Gasteiger partial charge in [-0.1, -0.05) is 37.6 Å². The van der Waals surface area contributed by atoms with Crippen LogP contribution in [-0.2, 0) is 10.0 Å². The van der Waals surface area contributed by atoms with E-state index in [0.717, 1.165) is 32.1 Å². The molecule has 0 bridgehead atoms. The molecule has 2 saturated heterocycles. The number of carbonyl (C=O) groups is 2. The molecular formula is C21H26N2O4S. The van der Waals surface area contributed by atoms with Gasteiger partial charge in [-0.3, -0.25) is 9.59 Å². The summed E-state index contributed by atoms with van der Waals surface area (Å²) in [5, 5.41) is 0. The topological polar surface area (TPSA) is 74.8 Å². The quantitative estimate of drug-likeness (QED) is 0.777. The number of carbonyl (C=O) groups excluding carboxylic acids is 2. The SMILES string of the molecule is CC1CCN(C2=C(S(=O)(=O)N3CCCCC3)C(=O)c3ccccc3C2=O)CC1. The molecule has 0 spiro atoms. The zero-order valence-corrected chi connectivity index (χ0v) is 17.0. The second-order valence-corrected chi connectivity index (χ2v) is 9.89. The van der Waals surface area contributed by atoms with Crippen molar-refractivity contribution in [3.05, 3.63) is 46.0 Å². The molecule has 0 radical (unpaired) electrons. The molecule has 3 aliphatic rings. The van der Waals surface area contributed by atoms with Crippen molar-refractivity contribution in [3.8, 4) is 0 Å². The smallest absolute Gasteiger partial charge is 0.249 e. The molecule has 2 fully saturated rings. The first kappa shape index (κ1) is 19.3. The minimum Gasteiger partial charge on any atom is -0.367 e. The minimum absolute atomic E-state index is 0.0844. The Labute approximate surface area is 166 Å². The number of hydrogen-bond donors (Lipinski definition) is 0. The van der Waals surface area contributed by atoms with E-state index < -0.39 is 15.8 Å². The number of fused-ring (bicyclic) bond motifs is 1. The maximum atomic E-state index is 13.5. The molecule has 2 heterocycles. The molecule has 150 valence electrons. The molecule has 0 atom stereocenters. The van der Waals surface area contributed by atoms with Gasteiger partial charge in [-0.25, -0.2) is 8.42 Å². The normalized spacial score (nSPS) is 22.5. The highest BCUT2D eigenvalue weighted by molar-refractivity contribution is 7.94. The highest BCUT2D eigenvalue weighted by Gasteiger charge is 2.44. The van der Waals surface area contributed by atoms with Gasteiger partial charge in [-0.2, -0.15) is 4.31 Å². The fourth-order valence-corrected chi connectivity index (χ4v) is 6.14. The van der Waals surface area contributed by atoms with Gasteiger partial charge in [-0.05, 0) is 31.6 Å². The summed E-state index contributed by atoms with van der Waals surface area (Å²) in [5.74, 6) is -0.365. The maximum Gasteiger partial charge on any atom is 0.249 e. The van der Waals surface area contributed by atoms with Crippen LogP contribution in [-0.4, -0.2) is 55.4 Å². The number of nitrogens with zero attached hydrogens (tertiary/aromatic N) is 2. The van der Waals surface area contributed by atoms with Gasteiger partial charge >= 0.3 is 0 Å². The molecule has 4 rings (SSSR count). The lowest BCUT2D eigenvalue weighted by molar-refractivity contribution is 0.0932.